The fraction of sp³-hybridized carbons (Fsp3) is 0.603. The molecule has 4 saturated carbocycles. The quantitative estimate of drug-likeness (QED) is 0.0234. The second-order valence-electron chi connectivity index (χ2n) is 24.0. The summed E-state index contributed by atoms with van der Waals surface area (Å²) in [6.07, 6.45) is 20.7. The van der Waals surface area contributed by atoms with Crippen molar-refractivity contribution in [2.24, 2.45) is 34.5 Å². The zero-order chi connectivity index (χ0) is 57.2. The molecule has 3 aromatic rings. The number of hydrogen-bond donors (Lipinski definition) is 6. The number of nitrogens with zero attached hydrogens (tertiary/aromatic N) is 1. The number of carbonyl (C=O) groups is 4. The van der Waals surface area contributed by atoms with Crippen molar-refractivity contribution < 1.29 is 84.2 Å². The Morgan fingerprint density at radius 2 is 1.68 bits per heavy atom. The molecule has 0 spiro atoms. The Morgan fingerprint density at radius 3 is 2.46 bits per heavy atom. The van der Waals surface area contributed by atoms with Crippen LogP contribution in [0.5, 0.6) is 5.75 Å². The van der Waals surface area contributed by atoms with Crippen LogP contribution in [0.25, 0.3) is 0 Å². The SMILES string of the molecule is C[C@]12C=CC(=O)C=C1CC[C@@H]1[C@@H]2[C@@H](O)C[C@@]2(C)[C@H]1C[C@H]1O[C@@H](C3CCCCC3)O[C@]12C(=O)COC(=O)CCCNC(=O)c1ccc[n+](Cc2cc(C(O)CNCCCCCCOCCCCc3ccccc3)ccc2OP(=O)(O)O)c1.[Cl-]. The van der Waals surface area contributed by atoms with Crippen LogP contribution in [0.1, 0.15) is 156 Å². The van der Waals surface area contributed by atoms with Gasteiger partial charge < -0.3 is 56.7 Å². The number of rotatable bonds is 28. The number of nitrogens with one attached hydrogen (secondary N) is 2. The third kappa shape index (κ3) is 14.9. The number of aromatic nitrogens is 1. The zero-order valence-corrected chi connectivity index (χ0v) is 49.3. The van der Waals surface area contributed by atoms with Crippen LogP contribution in [0.3, 0.4) is 0 Å². The molecule has 6 N–H and O–H groups in total. The molecule has 2 aromatic carbocycles. The Balaban J connectivity index is 0.00000880. The number of hydrogen-bond acceptors (Lipinski definition) is 13. The van der Waals surface area contributed by atoms with Gasteiger partial charge in [-0.1, -0.05) is 94.0 Å². The number of benzene rings is 2. The number of pyridine rings is 1. The van der Waals surface area contributed by atoms with Gasteiger partial charge in [-0.15, -0.1) is 0 Å². The first-order valence-corrected chi connectivity index (χ1v) is 31.3. The van der Waals surface area contributed by atoms with E-state index in [-0.39, 0.29) is 91.4 Å². The minimum Gasteiger partial charge on any atom is -1.00 e. The molecule has 0 bridgehead atoms. The van der Waals surface area contributed by atoms with Gasteiger partial charge in [-0.3, -0.25) is 29.0 Å². The number of allylic oxidation sites excluding steroid dienone is 4. The van der Waals surface area contributed by atoms with Crippen LogP contribution >= 0.6 is 7.82 Å². The third-order valence-corrected chi connectivity index (χ3v) is 19.1. The van der Waals surface area contributed by atoms with Crippen molar-refractivity contribution in [1.29, 1.82) is 0 Å². The normalized spacial score (nSPS) is 27.9. The monoisotopic (exact) mass is 1170 g/mol. The number of halogens is 1. The summed E-state index contributed by atoms with van der Waals surface area (Å²) in [5.41, 5.74) is 0.884. The molecular formula is C63H85ClN3O14P. The predicted octanol–water partition coefficient (Wildman–Crippen LogP) is 5.29. The number of phosphoric ester groups is 1. The van der Waals surface area contributed by atoms with Crippen LogP contribution in [-0.2, 0) is 50.9 Å². The maximum absolute atomic E-state index is 14.9. The van der Waals surface area contributed by atoms with Gasteiger partial charge in [0.05, 0.1) is 23.9 Å². The van der Waals surface area contributed by atoms with Gasteiger partial charge in [0.25, 0.3) is 5.91 Å². The van der Waals surface area contributed by atoms with E-state index in [1.54, 1.807) is 53.4 Å². The Labute approximate surface area is 489 Å². The van der Waals surface area contributed by atoms with E-state index in [4.69, 9.17) is 23.5 Å². The molecule has 19 heteroatoms. The summed E-state index contributed by atoms with van der Waals surface area (Å²) in [4.78, 5) is 73.5. The minimum absolute atomic E-state index is 0. The summed E-state index contributed by atoms with van der Waals surface area (Å²) in [6, 6.07) is 18.4. The Hall–Kier alpha value is -4.65. The van der Waals surface area contributed by atoms with Crippen molar-refractivity contribution >= 4 is 31.3 Å². The maximum atomic E-state index is 14.9. The highest BCUT2D eigenvalue weighted by Gasteiger charge is 2.76. The van der Waals surface area contributed by atoms with E-state index >= 15 is 0 Å². The summed E-state index contributed by atoms with van der Waals surface area (Å²) < 4.78 is 44.0. The van der Waals surface area contributed by atoms with Crippen molar-refractivity contribution in [1.82, 2.24) is 10.6 Å². The number of amides is 1. The molecule has 448 valence electrons. The van der Waals surface area contributed by atoms with E-state index in [2.05, 4.69) is 48.7 Å². The Morgan fingerprint density at radius 1 is 0.915 bits per heavy atom. The number of aryl methyl sites for hydroxylation is 1. The van der Waals surface area contributed by atoms with Crippen LogP contribution in [0.2, 0.25) is 0 Å². The van der Waals surface area contributed by atoms with Gasteiger partial charge in [0.15, 0.2) is 43.2 Å². The molecule has 1 unspecified atom stereocenters. The molecule has 1 aromatic heterocycles. The van der Waals surface area contributed by atoms with Gasteiger partial charge in [-0.2, -0.15) is 4.57 Å². The number of esters is 1. The van der Waals surface area contributed by atoms with Crippen molar-refractivity contribution in [3.05, 3.63) is 119 Å². The predicted molar refractivity (Wildman–Crippen MR) is 301 cm³/mol. The number of Topliss-reactive ketones (excluding diaryl/α,β-unsaturated/α-hetero) is 1. The highest BCUT2D eigenvalue weighted by Crippen LogP contribution is 2.70. The largest absolute Gasteiger partial charge is 1.00 e. The van der Waals surface area contributed by atoms with Gasteiger partial charge in [0.1, 0.15) is 11.3 Å². The number of ketones is 2. The molecule has 10 atom stereocenters. The van der Waals surface area contributed by atoms with E-state index in [0.29, 0.717) is 30.5 Å². The number of unbranched alkanes of at least 4 members (excludes halogenated alkanes) is 4. The molecule has 2 heterocycles. The number of aliphatic hydroxyl groups excluding tert-OH is 2. The highest BCUT2D eigenvalue weighted by atomic mass is 35.5. The van der Waals surface area contributed by atoms with Gasteiger partial charge >= 0.3 is 13.8 Å². The van der Waals surface area contributed by atoms with E-state index in [0.717, 1.165) is 109 Å². The fourth-order valence-corrected chi connectivity index (χ4v) is 15.1. The van der Waals surface area contributed by atoms with Crippen LogP contribution in [-0.4, -0.2) is 107 Å². The lowest BCUT2D eigenvalue weighted by Gasteiger charge is -2.59. The number of phosphoric acid groups is 1. The lowest BCUT2D eigenvalue weighted by atomic mass is 9.46. The van der Waals surface area contributed by atoms with Crippen molar-refractivity contribution in [2.75, 3.05) is 39.5 Å². The molecule has 5 aliphatic carbocycles. The van der Waals surface area contributed by atoms with Crippen molar-refractivity contribution in [3.63, 3.8) is 0 Å². The van der Waals surface area contributed by atoms with E-state index < -0.39 is 67.3 Å². The summed E-state index contributed by atoms with van der Waals surface area (Å²) in [6.45, 7) is 6.35. The molecule has 0 radical (unpaired) electrons. The highest BCUT2D eigenvalue weighted by molar-refractivity contribution is 7.46. The average Bonchev–Trinajstić information content (AvgIpc) is 2.28. The van der Waals surface area contributed by atoms with Crippen LogP contribution in [0, 0.1) is 34.5 Å². The van der Waals surface area contributed by atoms with Crippen molar-refractivity contribution in [3.8, 4) is 5.75 Å². The molecule has 17 nitrogen and oxygen atoms in total. The van der Waals surface area contributed by atoms with E-state index in [9.17, 15) is 43.7 Å². The van der Waals surface area contributed by atoms with Gasteiger partial charge in [-0.25, -0.2) is 4.57 Å². The summed E-state index contributed by atoms with van der Waals surface area (Å²) in [7, 11) is -4.94. The number of fused-ring (bicyclic) bond motifs is 7. The van der Waals surface area contributed by atoms with Crippen LogP contribution in [0.15, 0.2) is 96.9 Å². The molecule has 9 rings (SSSR count). The second-order valence-corrected chi connectivity index (χ2v) is 25.2. The van der Waals surface area contributed by atoms with E-state index in [1.807, 2.05) is 12.1 Å². The Kier molecular flexibility index (Phi) is 22.0. The fourth-order valence-electron chi connectivity index (χ4n) is 14.6. The molecule has 1 saturated heterocycles. The first-order valence-electron chi connectivity index (χ1n) is 29.8. The van der Waals surface area contributed by atoms with Crippen LogP contribution in [0.4, 0.5) is 0 Å². The standard InChI is InChI=1S/C63H84N3O14P.ClH/c1-61-29-28-49(67)36-48(61)25-26-50-51-37-56-63(62(51,2)38-52(68)58(50)61,79-60(78-56)44-20-9-6-10-21-44)55(70)42-77-57(71)23-15-31-65-59(72)46-22-16-32-66(40-46)41-47-35-45(24-27-54(47)80-81(73,74)75)53(69)39-64-30-12-3-4-13-33-76-34-14-11-19-43-17-7-5-8-18-43;/h5,7-8,16-18,22,24,27-29,32,35-36,40,44,50-53,56,58,60,64,68-69H,3-4,6,9-15,19-21,23,25-26,30-31,33-34,37-39,41-42H2,1-2H3,(H2-,65,72,73,74,75);1H/t50-,51-,52-,53?,56+,58+,60+,61-,62-,63+;/m0./s1. The first kappa shape index (κ1) is 63.4. The molecule has 82 heavy (non-hydrogen) atoms. The van der Waals surface area contributed by atoms with Crippen LogP contribution < -0.4 is 32.1 Å². The van der Waals surface area contributed by atoms with Crippen molar-refractivity contribution in [2.45, 2.75) is 166 Å². The smallest absolute Gasteiger partial charge is 0.524 e. The minimum atomic E-state index is -4.94. The topological polar surface area (TPSA) is 240 Å². The number of ether oxygens (including phenoxy) is 4. The molecule has 5 fully saturated rings. The zero-order valence-electron chi connectivity index (χ0n) is 47.6. The lowest BCUT2D eigenvalue weighted by molar-refractivity contribution is -0.688. The van der Waals surface area contributed by atoms with Gasteiger partial charge in [0, 0.05) is 61.5 Å². The second kappa shape index (κ2) is 28.5. The molecule has 1 aliphatic heterocycles. The number of carbonyl (C=O) groups excluding carboxylic acids is 4. The van der Waals surface area contributed by atoms with Gasteiger partial charge in [-0.05, 0) is 137 Å². The average molecular weight is 1170 g/mol. The summed E-state index contributed by atoms with van der Waals surface area (Å²) in [5, 5.41) is 29.4. The third-order valence-electron chi connectivity index (χ3n) is 18.6. The van der Waals surface area contributed by atoms with E-state index in [1.165, 1.54) is 11.6 Å². The Bertz CT molecular complexity index is 2790. The number of aliphatic hydroxyl groups is 2. The maximum Gasteiger partial charge on any atom is 0.524 e. The first-order chi connectivity index (χ1) is 39.0. The van der Waals surface area contributed by atoms with Gasteiger partial charge in [0.2, 0.25) is 5.78 Å². The lowest BCUT2D eigenvalue weighted by Crippen LogP contribution is -3.00. The molecule has 6 aliphatic rings. The summed E-state index contributed by atoms with van der Waals surface area (Å²) in [5.74, 6) is -1.44. The molecule has 1 amide bonds. The summed E-state index contributed by atoms with van der Waals surface area (Å²) >= 11 is 0. The molecular weight excluding hydrogens is 1090 g/mol.